The van der Waals surface area contributed by atoms with E-state index >= 15 is 0 Å². The minimum absolute atomic E-state index is 0.0961. The largest absolute Gasteiger partial charge is 0.481 e. The van der Waals surface area contributed by atoms with Crippen molar-refractivity contribution in [3.05, 3.63) is 47.8 Å². The fraction of sp³-hybridized carbons (Fsp3) is 0.231. The maximum absolute atomic E-state index is 12.1. The molecule has 0 spiro atoms. The second-order valence-electron chi connectivity index (χ2n) is 4.49. The number of nitrogens with zero attached hydrogens (tertiary/aromatic N) is 2. The minimum Gasteiger partial charge on any atom is -0.481 e. The molecular formula is C13H15N3O4S. The smallest absolute Gasteiger partial charge is 0.307 e. The molecule has 0 unspecified atom stereocenters. The fourth-order valence-corrected chi connectivity index (χ4v) is 2.79. The fourth-order valence-electron chi connectivity index (χ4n) is 1.79. The number of hydrogen-bond acceptors (Lipinski definition) is 4. The van der Waals surface area contributed by atoms with Gasteiger partial charge in [-0.05, 0) is 23.8 Å². The first-order valence-electron chi connectivity index (χ1n) is 6.16. The van der Waals surface area contributed by atoms with Crippen molar-refractivity contribution in [2.24, 2.45) is 7.05 Å². The van der Waals surface area contributed by atoms with E-state index in [0.29, 0.717) is 5.56 Å². The Morgan fingerprint density at radius 2 is 1.95 bits per heavy atom. The highest BCUT2D eigenvalue weighted by Crippen LogP contribution is 2.11. The molecule has 1 aromatic carbocycles. The second-order valence-corrected chi connectivity index (χ2v) is 6.25. The molecule has 8 heteroatoms. The van der Waals surface area contributed by atoms with Gasteiger partial charge in [-0.1, -0.05) is 12.1 Å². The Hall–Kier alpha value is -2.19. The normalized spacial score (nSPS) is 11.5. The van der Waals surface area contributed by atoms with Gasteiger partial charge in [0.15, 0.2) is 0 Å². The molecule has 0 aliphatic carbocycles. The van der Waals surface area contributed by atoms with Crippen molar-refractivity contribution in [2.75, 3.05) is 0 Å². The van der Waals surface area contributed by atoms with Gasteiger partial charge in [0.2, 0.25) is 10.0 Å². The van der Waals surface area contributed by atoms with E-state index in [1.165, 1.54) is 24.3 Å². The number of carbonyl (C=O) groups is 1. The molecule has 0 aliphatic rings. The summed E-state index contributed by atoms with van der Waals surface area (Å²) >= 11 is 0. The summed E-state index contributed by atoms with van der Waals surface area (Å²) in [6.07, 6.45) is 1.45. The molecule has 0 bridgehead atoms. The average Bonchev–Trinajstić information content (AvgIpc) is 2.82. The Kier molecular flexibility index (Phi) is 4.39. The van der Waals surface area contributed by atoms with Gasteiger partial charge in [0, 0.05) is 13.2 Å². The van der Waals surface area contributed by atoms with Gasteiger partial charge >= 0.3 is 5.97 Å². The molecule has 2 rings (SSSR count). The molecule has 0 aliphatic heterocycles. The number of sulfonamides is 1. The molecule has 0 amide bonds. The number of nitrogens with one attached hydrogen (secondary N) is 1. The Morgan fingerprint density at radius 1 is 1.29 bits per heavy atom. The van der Waals surface area contributed by atoms with E-state index in [0.717, 1.165) is 5.69 Å². The third-order valence-electron chi connectivity index (χ3n) is 2.95. The number of aliphatic carboxylic acids is 1. The van der Waals surface area contributed by atoms with Crippen LogP contribution in [0.15, 0.2) is 41.4 Å². The molecule has 2 aromatic rings. The summed E-state index contributed by atoms with van der Waals surface area (Å²) in [6, 6.07) is 7.49. The van der Waals surface area contributed by atoms with E-state index in [9.17, 15) is 13.2 Å². The Morgan fingerprint density at radius 3 is 2.48 bits per heavy atom. The monoisotopic (exact) mass is 309 g/mol. The van der Waals surface area contributed by atoms with E-state index in [1.807, 2.05) is 0 Å². The van der Waals surface area contributed by atoms with Crippen molar-refractivity contribution in [3.8, 4) is 0 Å². The summed E-state index contributed by atoms with van der Waals surface area (Å²) in [5, 5.41) is 12.6. The zero-order valence-electron chi connectivity index (χ0n) is 11.4. The highest BCUT2D eigenvalue weighted by atomic mass is 32.2. The molecule has 0 atom stereocenters. The SMILES string of the molecule is Cn1nccc1CNS(=O)(=O)c1ccc(CC(=O)O)cc1. The third-order valence-corrected chi connectivity index (χ3v) is 4.37. The first kappa shape index (κ1) is 15.2. The molecule has 0 fully saturated rings. The van der Waals surface area contributed by atoms with Crippen LogP contribution in [0.5, 0.6) is 0 Å². The van der Waals surface area contributed by atoms with Crippen molar-refractivity contribution in [2.45, 2.75) is 17.9 Å². The molecule has 0 radical (unpaired) electrons. The number of benzene rings is 1. The van der Waals surface area contributed by atoms with E-state index in [1.54, 1.807) is 24.0 Å². The Bertz CT molecular complexity index is 735. The van der Waals surface area contributed by atoms with E-state index in [-0.39, 0.29) is 17.9 Å². The van der Waals surface area contributed by atoms with E-state index in [2.05, 4.69) is 9.82 Å². The van der Waals surface area contributed by atoms with Crippen LogP contribution in [0.2, 0.25) is 0 Å². The quantitative estimate of drug-likeness (QED) is 0.810. The van der Waals surface area contributed by atoms with Crippen LogP contribution >= 0.6 is 0 Å². The number of rotatable bonds is 6. The van der Waals surface area contributed by atoms with Crippen molar-refractivity contribution in [3.63, 3.8) is 0 Å². The standard InChI is InChI=1S/C13H15N3O4S/c1-16-11(6-7-14-16)9-15-21(19,20)12-4-2-10(3-5-12)8-13(17)18/h2-7,15H,8-9H2,1H3,(H,17,18). The number of carboxylic acid groups (broad SMARTS) is 1. The van der Waals surface area contributed by atoms with Crippen molar-refractivity contribution >= 4 is 16.0 Å². The number of carboxylic acids is 1. The van der Waals surface area contributed by atoms with Gasteiger partial charge in [-0.25, -0.2) is 13.1 Å². The minimum atomic E-state index is -3.64. The van der Waals surface area contributed by atoms with Gasteiger partial charge in [-0.2, -0.15) is 5.10 Å². The van der Waals surface area contributed by atoms with Gasteiger partial charge < -0.3 is 5.11 Å². The summed E-state index contributed by atoms with van der Waals surface area (Å²) in [7, 11) is -1.91. The highest BCUT2D eigenvalue weighted by Gasteiger charge is 2.14. The number of hydrogen-bond donors (Lipinski definition) is 2. The lowest BCUT2D eigenvalue weighted by atomic mass is 10.2. The van der Waals surface area contributed by atoms with Crippen LogP contribution in [-0.2, 0) is 34.8 Å². The van der Waals surface area contributed by atoms with Gasteiger partial charge in [0.25, 0.3) is 0 Å². The van der Waals surface area contributed by atoms with Crippen molar-refractivity contribution in [1.29, 1.82) is 0 Å². The molecule has 1 heterocycles. The molecule has 112 valence electrons. The lowest BCUT2D eigenvalue weighted by Crippen LogP contribution is -2.24. The predicted molar refractivity (Wildman–Crippen MR) is 75.0 cm³/mol. The zero-order chi connectivity index (χ0) is 15.5. The molecule has 1 aromatic heterocycles. The van der Waals surface area contributed by atoms with Crippen LogP contribution in [-0.4, -0.2) is 29.3 Å². The van der Waals surface area contributed by atoms with Crippen LogP contribution in [0.3, 0.4) is 0 Å². The second kappa shape index (κ2) is 6.06. The van der Waals surface area contributed by atoms with Crippen LogP contribution in [0.1, 0.15) is 11.3 Å². The van der Waals surface area contributed by atoms with Gasteiger partial charge in [0.05, 0.1) is 23.6 Å². The summed E-state index contributed by atoms with van der Waals surface area (Å²) < 4.78 is 28.3. The van der Waals surface area contributed by atoms with Crippen molar-refractivity contribution < 1.29 is 18.3 Å². The van der Waals surface area contributed by atoms with Crippen LogP contribution in [0.25, 0.3) is 0 Å². The first-order chi connectivity index (χ1) is 9.88. The molecule has 0 saturated carbocycles. The van der Waals surface area contributed by atoms with Crippen molar-refractivity contribution in [1.82, 2.24) is 14.5 Å². The Balaban J connectivity index is 2.08. The maximum Gasteiger partial charge on any atom is 0.307 e. The topological polar surface area (TPSA) is 101 Å². The first-order valence-corrected chi connectivity index (χ1v) is 7.64. The zero-order valence-corrected chi connectivity index (χ0v) is 12.2. The molecule has 7 nitrogen and oxygen atoms in total. The molecule has 0 saturated heterocycles. The van der Waals surface area contributed by atoms with Gasteiger partial charge in [0.1, 0.15) is 0 Å². The molecule has 2 N–H and O–H groups in total. The van der Waals surface area contributed by atoms with Crippen LogP contribution < -0.4 is 4.72 Å². The van der Waals surface area contributed by atoms with Gasteiger partial charge in [-0.15, -0.1) is 0 Å². The van der Waals surface area contributed by atoms with E-state index < -0.39 is 16.0 Å². The van der Waals surface area contributed by atoms with Crippen LogP contribution in [0.4, 0.5) is 0 Å². The molecular weight excluding hydrogens is 294 g/mol. The Labute approximate surface area is 122 Å². The van der Waals surface area contributed by atoms with Gasteiger partial charge in [-0.3, -0.25) is 9.48 Å². The van der Waals surface area contributed by atoms with E-state index in [4.69, 9.17) is 5.11 Å². The lowest BCUT2D eigenvalue weighted by molar-refractivity contribution is -0.136. The predicted octanol–water partition coefficient (Wildman–Crippen LogP) is 0.526. The highest BCUT2D eigenvalue weighted by molar-refractivity contribution is 7.89. The number of aromatic nitrogens is 2. The summed E-state index contributed by atoms with van der Waals surface area (Å²) in [5.41, 5.74) is 1.29. The van der Waals surface area contributed by atoms with Crippen LogP contribution in [0, 0.1) is 0 Å². The lowest BCUT2D eigenvalue weighted by Gasteiger charge is -2.07. The third kappa shape index (κ3) is 3.89. The summed E-state index contributed by atoms with van der Waals surface area (Å²) in [6.45, 7) is 0.135. The maximum atomic E-state index is 12.1. The summed E-state index contributed by atoms with van der Waals surface area (Å²) in [4.78, 5) is 10.7. The summed E-state index contributed by atoms with van der Waals surface area (Å²) in [5.74, 6) is -0.958. The average molecular weight is 309 g/mol. The molecule has 21 heavy (non-hydrogen) atoms. The number of aryl methyl sites for hydroxylation is 1.